The minimum Gasteiger partial charge on any atom is -0.393 e. The molecule has 3 heteroatoms. The van der Waals surface area contributed by atoms with Crippen molar-refractivity contribution in [1.82, 2.24) is 0 Å². The smallest absolute Gasteiger partial charge is 0.0883 e. The quantitative estimate of drug-likeness (QED) is 0.723. The topological polar surface area (TPSA) is 49.7 Å². The van der Waals surface area contributed by atoms with Crippen LogP contribution in [0, 0.1) is 40.9 Å². The lowest BCUT2D eigenvalue weighted by Crippen LogP contribution is -2.52. The van der Waals surface area contributed by atoms with Gasteiger partial charge in [0.05, 0.1) is 18.3 Å². The summed E-state index contributed by atoms with van der Waals surface area (Å²) in [5, 5.41) is 21.6. The first kappa shape index (κ1) is 20.2. The number of ether oxygens (including phenoxy) is 1. The Morgan fingerprint density at radius 3 is 2.48 bits per heavy atom. The highest BCUT2D eigenvalue weighted by Gasteiger charge is 2.58. The van der Waals surface area contributed by atoms with E-state index in [1.807, 2.05) is 6.92 Å². The van der Waals surface area contributed by atoms with Gasteiger partial charge in [-0.2, -0.15) is 0 Å². The van der Waals surface area contributed by atoms with Crippen LogP contribution >= 0.6 is 0 Å². The molecule has 0 aromatic heterocycles. The van der Waals surface area contributed by atoms with E-state index in [2.05, 4.69) is 13.8 Å². The second-order valence-corrected chi connectivity index (χ2v) is 10.7. The van der Waals surface area contributed by atoms with Gasteiger partial charge in [0.15, 0.2) is 0 Å². The lowest BCUT2D eigenvalue weighted by atomic mass is 9.48. The molecule has 0 radical (unpaired) electrons. The maximum atomic E-state index is 11.0. The monoisotopic (exact) mass is 378 g/mol. The first-order chi connectivity index (χ1) is 12.9. The minimum absolute atomic E-state index is 0.101. The van der Waals surface area contributed by atoms with Crippen molar-refractivity contribution in [1.29, 1.82) is 0 Å². The van der Waals surface area contributed by atoms with Crippen molar-refractivity contribution in [3.05, 3.63) is 0 Å². The predicted molar refractivity (Wildman–Crippen MR) is 108 cm³/mol. The average Bonchev–Trinajstić information content (AvgIpc) is 3.02. The second-order valence-electron chi connectivity index (χ2n) is 10.7. The van der Waals surface area contributed by atoms with Gasteiger partial charge in [0.2, 0.25) is 0 Å². The van der Waals surface area contributed by atoms with Crippen molar-refractivity contribution in [3.63, 3.8) is 0 Å². The van der Waals surface area contributed by atoms with E-state index in [-0.39, 0.29) is 6.10 Å². The fourth-order valence-electron chi connectivity index (χ4n) is 8.34. The number of fused-ring (bicyclic) bond motifs is 5. The van der Waals surface area contributed by atoms with Gasteiger partial charge in [0.25, 0.3) is 0 Å². The summed E-state index contributed by atoms with van der Waals surface area (Å²) in [4.78, 5) is 0. The van der Waals surface area contributed by atoms with Crippen LogP contribution in [0.15, 0.2) is 0 Å². The largest absolute Gasteiger partial charge is 0.393 e. The third kappa shape index (κ3) is 3.40. The van der Waals surface area contributed by atoms with Crippen molar-refractivity contribution in [2.75, 3.05) is 13.2 Å². The molecule has 0 aromatic rings. The predicted octanol–water partition coefficient (Wildman–Crippen LogP) is 4.79. The summed E-state index contributed by atoms with van der Waals surface area (Å²) in [7, 11) is 0. The van der Waals surface area contributed by atoms with Crippen LogP contribution in [0.1, 0.15) is 85.0 Å². The van der Waals surface area contributed by atoms with Crippen LogP contribution in [0.3, 0.4) is 0 Å². The highest BCUT2D eigenvalue weighted by atomic mass is 16.5. The van der Waals surface area contributed by atoms with Gasteiger partial charge in [-0.25, -0.2) is 0 Å². The van der Waals surface area contributed by atoms with Gasteiger partial charge >= 0.3 is 0 Å². The van der Waals surface area contributed by atoms with Crippen molar-refractivity contribution in [2.24, 2.45) is 40.9 Å². The molecule has 4 saturated carbocycles. The molecule has 9 atom stereocenters. The average molecular weight is 379 g/mol. The number of aliphatic hydroxyl groups excluding tert-OH is 1. The van der Waals surface area contributed by atoms with Gasteiger partial charge < -0.3 is 14.9 Å². The number of hydrogen-bond acceptors (Lipinski definition) is 3. The van der Waals surface area contributed by atoms with E-state index < -0.39 is 5.60 Å². The van der Waals surface area contributed by atoms with E-state index in [0.29, 0.717) is 30.5 Å². The summed E-state index contributed by atoms with van der Waals surface area (Å²) in [5.74, 6) is 4.62. The molecule has 0 bridgehead atoms. The van der Waals surface area contributed by atoms with Crippen LogP contribution in [-0.2, 0) is 4.74 Å². The van der Waals surface area contributed by atoms with E-state index in [1.54, 1.807) is 0 Å². The van der Waals surface area contributed by atoms with Gasteiger partial charge in [0, 0.05) is 6.61 Å². The molecule has 2 N–H and O–H groups in total. The maximum Gasteiger partial charge on any atom is 0.0883 e. The summed E-state index contributed by atoms with van der Waals surface area (Å²) >= 11 is 0. The Balaban J connectivity index is 1.46. The van der Waals surface area contributed by atoms with Crippen LogP contribution < -0.4 is 0 Å². The number of aliphatic hydroxyl groups is 2. The summed E-state index contributed by atoms with van der Waals surface area (Å²) < 4.78 is 5.60. The molecule has 4 fully saturated rings. The van der Waals surface area contributed by atoms with Gasteiger partial charge in [-0.1, -0.05) is 13.8 Å². The van der Waals surface area contributed by atoms with Gasteiger partial charge in [-0.05, 0) is 112 Å². The number of rotatable bonds is 5. The molecule has 1 unspecified atom stereocenters. The van der Waals surface area contributed by atoms with Crippen LogP contribution in [0.5, 0.6) is 0 Å². The van der Waals surface area contributed by atoms with E-state index in [0.717, 1.165) is 42.9 Å². The molecule has 0 spiro atoms. The summed E-state index contributed by atoms with van der Waals surface area (Å²) in [5.41, 5.74) is -0.204. The van der Waals surface area contributed by atoms with Crippen molar-refractivity contribution in [3.8, 4) is 0 Å². The zero-order chi connectivity index (χ0) is 19.2. The molecular weight excluding hydrogens is 336 g/mol. The number of hydrogen-bond donors (Lipinski definition) is 2. The summed E-state index contributed by atoms with van der Waals surface area (Å²) in [6, 6.07) is 0. The Labute approximate surface area is 166 Å². The fraction of sp³-hybridized carbons (Fsp3) is 1.00. The molecular formula is C24H42O3. The highest BCUT2D eigenvalue weighted by molar-refractivity contribution is 5.08. The summed E-state index contributed by atoms with van der Waals surface area (Å²) in [6.45, 7) is 7.90. The normalized spacial score (nSPS) is 50.6. The highest BCUT2D eigenvalue weighted by Crippen LogP contribution is 2.65. The minimum atomic E-state index is -0.573. The van der Waals surface area contributed by atoms with Crippen LogP contribution in [-0.4, -0.2) is 35.1 Å². The molecule has 4 aliphatic carbocycles. The Kier molecular flexibility index (Phi) is 5.68. The van der Waals surface area contributed by atoms with Crippen molar-refractivity contribution >= 4 is 0 Å². The molecule has 4 rings (SSSR count). The zero-order valence-electron chi connectivity index (χ0n) is 17.8. The Morgan fingerprint density at radius 2 is 1.74 bits per heavy atom. The second kappa shape index (κ2) is 7.61. The molecule has 0 heterocycles. The standard InChI is InChI=1S/C24H42O3/c1-4-22(25)21-9-8-20-19-7-6-16-14-24(26,15-27-5-2)13-11-17(16)18(19)10-12-23(20,21)3/h16-22,25-26H,4-15H2,1-3H3/t16-,17+,18-,19-,20+,21-,22?,23+,24-/m1/s1. The van der Waals surface area contributed by atoms with Gasteiger partial charge in [-0.15, -0.1) is 0 Å². The fourth-order valence-corrected chi connectivity index (χ4v) is 8.34. The van der Waals surface area contributed by atoms with Gasteiger partial charge in [0.1, 0.15) is 0 Å². The molecule has 0 aliphatic heterocycles. The third-order valence-corrected chi connectivity index (χ3v) is 9.63. The van der Waals surface area contributed by atoms with Crippen LogP contribution in [0.4, 0.5) is 0 Å². The van der Waals surface area contributed by atoms with Crippen molar-refractivity contribution < 1.29 is 14.9 Å². The Hall–Kier alpha value is -0.120. The lowest BCUT2D eigenvalue weighted by molar-refractivity contribution is -0.131. The molecule has 27 heavy (non-hydrogen) atoms. The van der Waals surface area contributed by atoms with E-state index in [9.17, 15) is 10.2 Å². The molecule has 0 aromatic carbocycles. The molecule has 3 nitrogen and oxygen atoms in total. The van der Waals surface area contributed by atoms with E-state index in [1.165, 1.54) is 44.9 Å². The lowest BCUT2D eigenvalue weighted by Gasteiger charge is -2.57. The van der Waals surface area contributed by atoms with Crippen molar-refractivity contribution in [2.45, 2.75) is 96.7 Å². The third-order valence-electron chi connectivity index (χ3n) is 9.63. The first-order valence-corrected chi connectivity index (χ1v) is 11.9. The molecule has 4 aliphatic rings. The SMILES string of the molecule is CCOC[C@@]1(O)CC[C@H]2[C@H](CC[C@@H]3[C@@H]2CC[C@]2(C)[C@@H](C(O)CC)CC[C@@H]32)C1. The van der Waals surface area contributed by atoms with E-state index >= 15 is 0 Å². The molecule has 156 valence electrons. The Morgan fingerprint density at radius 1 is 0.963 bits per heavy atom. The Bertz CT molecular complexity index is 522. The van der Waals surface area contributed by atoms with Crippen LogP contribution in [0.25, 0.3) is 0 Å². The van der Waals surface area contributed by atoms with Crippen LogP contribution in [0.2, 0.25) is 0 Å². The molecule has 0 amide bonds. The zero-order valence-corrected chi connectivity index (χ0v) is 17.8. The van der Waals surface area contributed by atoms with E-state index in [4.69, 9.17) is 4.74 Å². The maximum absolute atomic E-state index is 11.0. The first-order valence-electron chi connectivity index (χ1n) is 11.9. The molecule has 0 saturated heterocycles. The van der Waals surface area contributed by atoms with Gasteiger partial charge in [-0.3, -0.25) is 0 Å². The summed E-state index contributed by atoms with van der Waals surface area (Å²) in [6.07, 6.45) is 11.8.